The Bertz CT molecular complexity index is 1370. The topological polar surface area (TPSA) is 151 Å². The monoisotopic (exact) mass is 828 g/mol. The molecule has 0 aliphatic heterocycles. The molecule has 2 atom stereocenters. The molecule has 0 bridgehead atoms. The van der Waals surface area contributed by atoms with E-state index < -0.39 is 32.5 Å². The van der Waals surface area contributed by atoms with Crippen LogP contribution in [0.1, 0.15) is 136 Å². The Labute approximate surface area is 350 Å². The van der Waals surface area contributed by atoms with Crippen LogP contribution >= 0.6 is 7.82 Å². The number of unbranched alkanes of at least 4 members (excludes halogenated alkanes) is 6. The van der Waals surface area contributed by atoms with E-state index in [4.69, 9.17) is 24.3 Å². The molecule has 0 saturated carbocycles. The third kappa shape index (κ3) is 40.5. The highest BCUT2D eigenvalue weighted by atomic mass is 31.2. The molecule has 1 unspecified atom stereocenters. The van der Waals surface area contributed by atoms with Crippen molar-refractivity contribution in [1.29, 1.82) is 0 Å². The average Bonchev–Trinajstić information content (AvgIpc) is 3.20. The number of phosphoric ester groups is 1. The van der Waals surface area contributed by atoms with Crippen LogP contribution in [-0.4, -0.2) is 55.1 Å². The van der Waals surface area contributed by atoms with E-state index >= 15 is 0 Å². The Kier molecular flexibility index (Phi) is 38.9. The minimum absolute atomic E-state index is 0.0234. The summed E-state index contributed by atoms with van der Waals surface area (Å²) >= 11 is 0. The van der Waals surface area contributed by atoms with Crippen molar-refractivity contribution in [1.82, 2.24) is 0 Å². The van der Waals surface area contributed by atoms with E-state index in [9.17, 15) is 23.8 Å². The van der Waals surface area contributed by atoms with Crippen molar-refractivity contribution in [2.75, 3.05) is 26.4 Å². The number of hydrogen-bond donors (Lipinski definition) is 2. The smallest absolute Gasteiger partial charge is 0.462 e. The number of allylic oxidation sites excluding steroid dienone is 18. The maximum absolute atomic E-state index is 12.6. The Morgan fingerprint density at radius 1 is 0.586 bits per heavy atom. The summed E-state index contributed by atoms with van der Waals surface area (Å²) < 4.78 is 32.6. The van der Waals surface area contributed by atoms with Crippen molar-refractivity contribution < 1.29 is 42.4 Å². The molecule has 0 aromatic heterocycles. The number of ether oxygens (including phenoxy) is 2. The van der Waals surface area contributed by atoms with E-state index in [0.717, 1.165) is 83.5 Å². The van der Waals surface area contributed by atoms with Gasteiger partial charge in [-0.1, -0.05) is 136 Å². The lowest BCUT2D eigenvalue weighted by Crippen LogP contribution is -2.29. The van der Waals surface area contributed by atoms with E-state index in [0.29, 0.717) is 25.7 Å². The summed E-state index contributed by atoms with van der Waals surface area (Å²) in [6, 6.07) is 0. The maximum Gasteiger partial charge on any atom is 0.472 e. The van der Waals surface area contributed by atoms with Crippen molar-refractivity contribution in [3.8, 4) is 0 Å². The van der Waals surface area contributed by atoms with Crippen LogP contribution in [0.3, 0.4) is 0 Å². The van der Waals surface area contributed by atoms with E-state index in [2.05, 4.69) is 74.6 Å². The van der Waals surface area contributed by atoms with Crippen molar-refractivity contribution in [3.05, 3.63) is 109 Å². The molecular weight excluding hydrogens is 753 g/mol. The number of nitrogens with two attached hydrogens (primary N) is 1. The zero-order valence-electron chi connectivity index (χ0n) is 35.5. The van der Waals surface area contributed by atoms with Gasteiger partial charge in [0.25, 0.3) is 0 Å². The molecule has 0 fully saturated rings. The number of phosphoric acid groups is 1. The fourth-order valence-corrected chi connectivity index (χ4v) is 5.72. The van der Waals surface area contributed by atoms with E-state index in [-0.39, 0.29) is 38.4 Å². The predicted octanol–water partition coefficient (Wildman–Crippen LogP) is 11.6. The highest BCUT2D eigenvalue weighted by Crippen LogP contribution is 2.43. The molecule has 0 aromatic rings. The molecule has 11 heteroatoms. The minimum atomic E-state index is -4.42. The fourth-order valence-electron chi connectivity index (χ4n) is 4.96. The number of esters is 2. The second-order valence-electron chi connectivity index (χ2n) is 13.5. The van der Waals surface area contributed by atoms with Gasteiger partial charge in [0.1, 0.15) is 6.61 Å². The number of carbonyl (C=O) groups excluding carboxylic acids is 3. The first kappa shape index (κ1) is 54.3. The van der Waals surface area contributed by atoms with Crippen LogP contribution in [0, 0.1) is 0 Å². The van der Waals surface area contributed by atoms with Crippen molar-refractivity contribution in [2.24, 2.45) is 5.73 Å². The second-order valence-corrected chi connectivity index (χ2v) is 15.0. The van der Waals surface area contributed by atoms with Crippen LogP contribution in [0.25, 0.3) is 0 Å². The molecule has 0 radical (unpaired) electrons. The summed E-state index contributed by atoms with van der Waals surface area (Å²) in [5.74, 6) is -0.818. The first-order valence-corrected chi connectivity index (χ1v) is 22.8. The minimum Gasteiger partial charge on any atom is -0.462 e. The Balaban J connectivity index is 4.39. The van der Waals surface area contributed by atoms with Gasteiger partial charge in [0, 0.05) is 25.8 Å². The van der Waals surface area contributed by atoms with Gasteiger partial charge in [0.2, 0.25) is 0 Å². The van der Waals surface area contributed by atoms with E-state index in [1.807, 2.05) is 36.5 Å². The lowest BCUT2D eigenvalue weighted by atomic mass is 10.1. The number of hydrogen-bond acceptors (Lipinski definition) is 9. The Hall–Kier alpha value is -3.66. The van der Waals surface area contributed by atoms with Gasteiger partial charge in [-0.15, -0.1) is 0 Å². The van der Waals surface area contributed by atoms with Gasteiger partial charge in [-0.25, -0.2) is 4.57 Å². The molecule has 0 aliphatic rings. The third-order valence-corrected chi connectivity index (χ3v) is 9.10. The summed E-state index contributed by atoms with van der Waals surface area (Å²) in [6.45, 7) is 3.30. The molecule has 326 valence electrons. The van der Waals surface area contributed by atoms with Gasteiger partial charge in [-0.2, -0.15) is 0 Å². The van der Waals surface area contributed by atoms with Crippen molar-refractivity contribution in [2.45, 2.75) is 142 Å². The van der Waals surface area contributed by atoms with Gasteiger partial charge in [0.05, 0.1) is 13.2 Å². The maximum atomic E-state index is 12.6. The summed E-state index contributed by atoms with van der Waals surface area (Å²) in [5, 5.41) is 0. The molecule has 0 amide bonds. The van der Waals surface area contributed by atoms with Crippen LogP contribution in [-0.2, 0) is 37.5 Å². The van der Waals surface area contributed by atoms with Crippen LogP contribution in [0.5, 0.6) is 0 Å². The molecule has 10 nitrogen and oxygen atoms in total. The quantitative estimate of drug-likeness (QED) is 0.0154. The molecule has 0 spiro atoms. The molecule has 58 heavy (non-hydrogen) atoms. The highest BCUT2D eigenvalue weighted by Gasteiger charge is 2.25. The second kappa shape index (κ2) is 41.5. The molecule has 0 saturated heterocycles. The SMILES string of the molecule is CC/C=C\C/C=C\C/C=C\C/C=C\C/C=C\CCCCCC(=O)OC[C@H](COP(=O)(O)OCCN)OC(=O)CCC/C=C\C/C=C\C/C=C\C=C\C(=O)CCCCC. The molecule has 0 heterocycles. The van der Waals surface area contributed by atoms with Crippen LogP contribution in [0.4, 0.5) is 0 Å². The van der Waals surface area contributed by atoms with Gasteiger partial charge < -0.3 is 20.1 Å². The molecule has 0 aliphatic carbocycles. The zero-order chi connectivity index (χ0) is 42.6. The van der Waals surface area contributed by atoms with Crippen LogP contribution < -0.4 is 5.73 Å². The normalized spacial score (nSPS) is 14.3. The average molecular weight is 828 g/mol. The van der Waals surface area contributed by atoms with Gasteiger partial charge in [0.15, 0.2) is 11.9 Å². The summed E-state index contributed by atoms with van der Waals surface area (Å²) in [4.78, 5) is 46.6. The van der Waals surface area contributed by atoms with Crippen molar-refractivity contribution in [3.63, 3.8) is 0 Å². The highest BCUT2D eigenvalue weighted by molar-refractivity contribution is 7.47. The lowest BCUT2D eigenvalue weighted by Gasteiger charge is -2.19. The molecular formula is C47H74NO9P. The van der Waals surface area contributed by atoms with E-state index in [1.54, 1.807) is 12.2 Å². The standard InChI is InChI=1S/C47H74NO9P/c1-3-5-7-8-9-10-11-12-13-14-15-16-17-18-21-24-27-30-34-38-46(50)54-42-45(43-56-58(52,53)55-41-40-48)57-47(51)39-35-31-28-25-22-19-20-23-26-29-33-37-44(49)36-32-6-4-2/h5,7,9-10,12-13,15-16,18-21,25-26,28-29,33,37,45H,3-4,6,8,11,14,17,22-24,27,30-32,34-36,38-43,48H2,1-2H3,(H,52,53)/b7-5-,10-9-,13-12-,16-15-,20-19-,21-18-,28-25-,29-26-,37-33+/t45-/m1/s1. The largest absolute Gasteiger partial charge is 0.472 e. The number of ketones is 1. The number of carbonyl (C=O) groups is 3. The first-order valence-electron chi connectivity index (χ1n) is 21.3. The van der Waals surface area contributed by atoms with Gasteiger partial charge in [-0.3, -0.25) is 23.4 Å². The zero-order valence-corrected chi connectivity index (χ0v) is 36.4. The third-order valence-electron chi connectivity index (χ3n) is 8.12. The Morgan fingerprint density at radius 3 is 1.71 bits per heavy atom. The Morgan fingerprint density at radius 2 is 1.12 bits per heavy atom. The molecule has 0 aromatic carbocycles. The lowest BCUT2D eigenvalue weighted by molar-refractivity contribution is -0.161. The summed E-state index contributed by atoms with van der Waals surface area (Å²) in [6.07, 6.45) is 51.1. The molecule has 3 N–H and O–H groups in total. The van der Waals surface area contributed by atoms with Gasteiger partial charge in [-0.05, 0) is 89.5 Å². The summed E-state index contributed by atoms with van der Waals surface area (Å²) in [5.41, 5.74) is 5.33. The van der Waals surface area contributed by atoms with Crippen LogP contribution in [0.2, 0.25) is 0 Å². The number of rotatable bonds is 38. The first-order chi connectivity index (χ1) is 28.2. The van der Waals surface area contributed by atoms with Crippen LogP contribution in [0.15, 0.2) is 109 Å². The molecule has 0 rings (SSSR count). The fraction of sp³-hybridized carbons (Fsp3) is 0.553. The summed E-state index contributed by atoms with van der Waals surface area (Å²) in [7, 11) is -4.42. The van der Waals surface area contributed by atoms with E-state index in [1.165, 1.54) is 0 Å². The predicted molar refractivity (Wildman–Crippen MR) is 238 cm³/mol. The van der Waals surface area contributed by atoms with Gasteiger partial charge >= 0.3 is 19.8 Å². The van der Waals surface area contributed by atoms with Crippen molar-refractivity contribution >= 4 is 25.5 Å².